The van der Waals surface area contributed by atoms with Crippen LogP contribution in [0.3, 0.4) is 0 Å². The molecule has 0 saturated heterocycles. The number of aromatic nitrogens is 4. The Morgan fingerprint density at radius 3 is 2.79 bits per heavy atom. The quantitative estimate of drug-likeness (QED) is 0.702. The Kier molecular flexibility index (Phi) is 4.28. The summed E-state index contributed by atoms with van der Waals surface area (Å²) in [4.78, 5) is 23.5. The standard InChI is InChI=1S/C21H23N7O/c1-13-10-16-12-27(8-9-28(16)26-13)21-17-6-7-23-11-18(17)24-20(25-21)15-4-2-14(3-5-15)19(22)29/h2-5,10,23H,6-9,11-12H2,1H3,(H2,22,29). The number of benzene rings is 1. The van der Waals surface area contributed by atoms with E-state index in [4.69, 9.17) is 15.7 Å². The molecule has 1 aromatic carbocycles. The topological polar surface area (TPSA) is 102 Å². The van der Waals surface area contributed by atoms with E-state index in [1.54, 1.807) is 12.1 Å². The van der Waals surface area contributed by atoms with E-state index in [0.29, 0.717) is 11.4 Å². The fraction of sp³-hybridized carbons (Fsp3) is 0.333. The molecular weight excluding hydrogens is 366 g/mol. The van der Waals surface area contributed by atoms with Gasteiger partial charge in [0.25, 0.3) is 0 Å². The first-order chi connectivity index (χ1) is 14.1. The molecule has 29 heavy (non-hydrogen) atoms. The monoisotopic (exact) mass is 389 g/mol. The lowest BCUT2D eigenvalue weighted by Crippen LogP contribution is -2.37. The van der Waals surface area contributed by atoms with Crippen molar-refractivity contribution in [3.8, 4) is 11.4 Å². The van der Waals surface area contributed by atoms with Crippen LogP contribution in [0.1, 0.15) is 33.0 Å². The van der Waals surface area contributed by atoms with E-state index < -0.39 is 5.91 Å². The molecule has 4 heterocycles. The molecule has 2 aromatic heterocycles. The number of carbonyl (C=O) groups excluding carboxylic acids is 1. The minimum atomic E-state index is -0.437. The lowest BCUT2D eigenvalue weighted by atomic mass is 10.0. The van der Waals surface area contributed by atoms with Crippen molar-refractivity contribution in [2.75, 3.05) is 18.0 Å². The van der Waals surface area contributed by atoms with Crippen LogP contribution in [-0.2, 0) is 26.1 Å². The molecule has 2 aliphatic rings. The predicted octanol–water partition coefficient (Wildman–Crippen LogP) is 1.41. The average Bonchev–Trinajstić information content (AvgIpc) is 3.12. The lowest BCUT2D eigenvalue weighted by molar-refractivity contribution is 0.100. The summed E-state index contributed by atoms with van der Waals surface area (Å²) in [5.41, 5.74) is 11.3. The largest absolute Gasteiger partial charge is 0.366 e. The smallest absolute Gasteiger partial charge is 0.248 e. The fourth-order valence-corrected chi connectivity index (χ4v) is 4.10. The molecule has 0 saturated carbocycles. The molecule has 8 nitrogen and oxygen atoms in total. The van der Waals surface area contributed by atoms with Crippen molar-refractivity contribution in [1.29, 1.82) is 0 Å². The number of nitrogens with two attached hydrogens (primary N) is 1. The number of rotatable bonds is 3. The number of primary amides is 1. The second kappa shape index (κ2) is 6.97. The molecule has 0 unspecified atom stereocenters. The van der Waals surface area contributed by atoms with Gasteiger partial charge in [0.15, 0.2) is 5.82 Å². The Hall–Kier alpha value is -3.26. The molecule has 3 aromatic rings. The number of fused-ring (bicyclic) bond motifs is 2. The van der Waals surface area contributed by atoms with Gasteiger partial charge < -0.3 is 16.0 Å². The maximum Gasteiger partial charge on any atom is 0.248 e. The molecule has 8 heteroatoms. The van der Waals surface area contributed by atoms with Crippen molar-refractivity contribution in [3.05, 3.63) is 58.5 Å². The maximum atomic E-state index is 11.4. The van der Waals surface area contributed by atoms with Gasteiger partial charge in [-0.25, -0.2) is 9.97 Å². The van der Waals surface area contributed by atoms with Gasteiger partial charge in [-0.15, -0.1) is 0 Å². The summed E-state index contributed by atoms with van der Waals surface area (Å²) < 4.78 is 2.09. The van der Waals surface area contributed by atoms with Crippen molar-refractivity contribution in [1.82, 2.24) is 25.1 Å². The molecule has 0 fully saturated rings. The third-order valence-electron chi connectivity index (χ3n) is 5.56. The van der Waals surface area contributed by atoms with Crippen LogP contribution in [0.15, 0.2) is 30.3 Å². The van der Waals surface area contributed by atoms with E-state index in [-0.39, 0.29) is 0 Å². The Bertz CT molecular complexity index is 1090. The predicted molar refractivity (Wildman–Crippen MR) is 109 cm³/mol. The zero-order chi connectivity index (χ0) is 20.0. The molecule has 3 N–H and O–H groups in total. The summed E-state index contributed by atoms with van der Waals surface area (Å²) in [6.07, 6.45) is 0.917. The van der Waals surface area contributed by atoms with Crippen LogP contribution in [0, 0.1) is 6.92 Å². The number of carbonyl (C=O) groups is 1. The third-order valence-corrected chi connectivity index (χ3v) is 5.56. The first-order valence-corrected chi connectivity index (χ1v) is 9.87. The molecule has 0 aliphatic carbocycles. The minimum absolute atomic E-state index is 0.437. The summed E-state index contributed by atoms with van der Waals surface area (Å²) in [6, 6.07) is 9.30. The number of amides is 1. The van der Waals surface area contributed by atoms with Crippen LogP contribution in [0.5, 0.6) is 0 Å². The van der Waals surface area contributed by atoms with E-state index in [0.717, 1.165) is 61.9 Å². The van der Waals surface area contributed by atoms with Gasteiger partial charge in [-0.1, -0.05) is 12.1 Å². The van der Waals surface area contributed by atoms with Gasteiger partial charge in [-0.05, 0) is 38.1 Å². The number of anilines is 1. The molecule has 5 rings (SSSR count). The SMILES string of the molecule is Cc1cc2n(n1)CCN(c1nc(-c3ccc(C(N)=O)cc3)nc3c1CCNC3)C2. The number of hydrogen-bond donors (Lipinski definition) is 2. The Morgan fingerprint density at radius 1 is 1.17 bits per heavy atom. The Balaban J connectivity index is 1.56. The van der Waals surface area contributed by atoms with Gasteiger partial charge >= 0.3 is 0 Å². The summed E-state index contributed by atoms with van der Waals surface area (Å²) in [7, 11) is 0. The van der Waals surface area contributed by atoms with E-state index in [1.165, 1.54) is 11.3 Å². The van der Waals surface area contributed by atoms with Crippen molar-refractivity contribution in [3.63, 3.8) is 0 Å². The number of hydrogen-bond acceptors (Lipinski definition) is 6. The van der Waals surface area contributed by atoms with Crippen LogP contribution >= 0.6 is 0 Å². The number of nitrogens with zero attached hydrogens (tertiary/aromatic N) is 5. The van der Waals surface area contributed by atoms with Gasteiger partial charge in [0, 0.05) is 29.8 Å². The molecule has 1 amide bonds. The van der Waals surface area contributed by atoms with Crippen molar-refractivity contribution >= 4 is 11.7 Å². The van der Waals surface area contributed by atoms with Crippen LogP contribution < -0.4 is 16.0 Å². The summed E-state index contributed by atoms with van der Waals surface area (Å²) in [5, 5.41) is 7.97. The van der Waals surface area contributed by atoms with Gasteiger partial charge in [-0.3, -0.25) is 9.48 Å². The maximum absolute atomic E-state index is 11.4. The van der Waals surface area contributed by atoms with Crippen molar-refractivity contribution < 1.29 is 4.79 Å². The summed E-state index contributed by atoms with van der Waals surface area (Å²) in [5.74, 6) is 1.25. The molecule has 2 aliphatic heterocycles. The first-order valence-electron chi connectivity index (χ1n) is 9.87. The molecular formula is C21H23N7O. The van der Waals surface area contributed by atoms with Crippen LogP contribution in [0.25, 0.3) is 11.4 Å². The Labute approximate surface area is 168 Å². The Morgan fingerprint density at radius 2 is 2.00 bits per heavy atom. The van der Waals surface area contributed by atoms with Crippen LogP contribution in [0.2, 0.25) is 0 Å². The summed E-state index contributed by atoms with van der Waals surface area (Å²) in [6.45, 7) is 6.20. The third kappa shape index (κ3) is 3.25. The highest BCUT2D eigenvalue weighted by Gasteiger charge is 2.25. The second-order valence-electron chi connectivity index (χ2n) is 7.59. The van der Waals surface area contributed by atoms with Gasteiger partial charge in [0.2, 0.25) is 5.91 Å². The number of nitrogens with one attached hydrogen (secondary N) is 1. The zero-order valence-electron chi connectivity index (χ0n) is 16.4. The lowest BCUT2D eigenvalue weighted by Gasteiger charge is -2.32. The summed E-state index contributed by atoms with van der Waals surface area (Å²) >= 11 is 0. The fourth-order valence-electron chi connectivity index (χ4n) is 4.10. The molecule has 0 radical (unpaired) electrons. The van der Waals surface area contributed by atoms with Crippen LogP contribution in [-0.4, -0.2) is 38.7 Å². The van der Waals surface area contributed by atoms with Crippen molar-refractivity contribution in [2.45, 2.75) is 33.0 Å². The van der Waals surface area contributed by atoms with Crippen molar-refractivity contribution in [2.24, 2.45) is 5.73 Å². The molecule has 0 bridgehead atoms. The highest BCUT2D eigenvalue weighted by Crippen LogP contribution is 2.30. The second-order valence-corrected chi connectivity index (χ2v) is 7.59. The van der Waals surface area contributed by atoms with Gasteiger partial charge in [0.05, 0.1) is 30.2 Å². The number of aryl methyl sites for hydroxylation is 1. The van der Waals surface area contributed by atoms with Gasteiger partial charge in [0.1, 0.15) is 5.82 Å². The van der Waals surface area contributed by atoms with Crippen LogP contribution in [0.4, 0.5) is 5.82 Å². The average molecular weight is 389 g/mol. The molecule has 148 valence electrons. The highest BCUT2D eigenvalue weighted by atomic mass is 16.1. The van der Waals surface area contributed by atoms with E-state index in [9.17, 15) is 4.79 Å². The van der Waals surface area contributed by atoms with Gasteiger partial charge in [-0.2, -0.15) is 5.10 Å². The van der Waals surface area contributed by atoms with E-state index >= 15 is 0 Å². The normalized spacial score (nSPS) is 15.7. The highest BCUT2D eigenvalue weighted by molar-refractivity contribution is 5.93. The zero-order valence-corrected chi connectivity index (χ0v) is 16.4. The van der Waals surface area contributed by atoms with E-state index in [2.05, 4.69) is 26.1 Å². The van der Waals surface area contributed by atoms with E-state index in [1.807, 2.05) is 19.1 Å². The molecule has 0 atom stereocenters. The minimum Gasteiger partial charge on any atom is -0.366 e. The molecule has 0 spiro atoms. The first kappa shape index (κ1) is 17.8.